The third-order valence-electron chi connectivity index (χ3n) is 1.85. The number of phenolic OH excluding ortho intramolecular Hbond substituents is 1. The Morgan fingerprint density at radius 1 is 1.47 bits per heavy atom. The molecule has 0 heterocycles. The summed E-state index contributed by atoms with van der Waals surface area (Å²) in [4.78, 5) is 1.86. The topological polar surface area (TPSA) is 23.5 Å². The lowest BCUT2D eigenvalue weighted by molar-refractivity contribution is 0.467. The third-order valence-corrected chi connectivity index (χ3v) is 2.14. The number of hydrogen-bond acceptors (Lipinski definition) is 2. The Kier molecular flexibility index (Phi) is 3.97. The average molecular weight is 230 g/mol. The van der Waals surface area contributed by atoms with Gasteiger partial charge in [0.1, 0.15) is 11.6 Å². The van der Waals surface area contributed by atoms with E-state index in [0.717, 1.165) is 6.07 Å². The minimum atomic E-state index is -0.439. The van der Waals surface area contributed by atoms with Gasteiger partial charge in [0.25, 0.3) is 0 Å². The Hall–Kier alpha value is -1.22. The van der Waals surface area contributed by atoms with Gasteiger partial charge in [0.15, 0.2) is 0 Å². The Morgan fingerprint density at radius 2 is 2.13 bits per heavy atom. The van der Waals surface area contributed by atoms with Crippen LogP contribution in [0, 0.1) is 5.82 Å². The number of phenols is 1. The van der Waals surface area contributed by atoms with Crippen LogP contribution in [0.2, 0.25) is 5.02 Å². The maximum atomic E-state index is 13.0. The molecule has 15 heavy (non-hydrogen) atoms. The zero-order valence-corrected chi connectivity index (χ0v) is 9.42. The molecule has 0 aromatic heterocycles. The molecule has 0 saturated heterocycles. The van der Waals surface area contributed by atoms with Crippen molar-refractivity contribution in [1.29, 1.82) is 0 Å². The van der Waals surface area contributed by atoms with Crippen LogP contribution < -0.4 is 0 Å². The van der Waals surface area contributed by atoms with Gasteiger partial charge in [0, 0.05) is 19.7 Å². The van der Waals surface area contributed by atoms with E-state index in [1.807, 2.05) is 31.3 Å². The average Bonchev–Trinajstić information content (AvgIpc) is 2.12. The second-order valence-corrected chi connectivity index (χ2v) is 3.86. The van der Waals surface area contributed by atoms with E-state index in [0.29, 0.717) is 12.0 Å². The largest absolute Gasteiger partial charge is 0.506 e. The summed E-state index contributed by atoms with van der Waals surface area (Å²) in [5, 5.41) is 9.59. The lowest BCUT2D eigenvalue weighted by Crippen LogP contribution is -2.00. The van der Waals surface area contributed by atoms with Crippen molar-refractivity contribution in [2.75, 3.05) is 14.1 Å². The monoisotopic (exact) mass is 229 g/mol. The van der Waals surface area contributed by atoms with Gasteiger partial charge in [-0.05, 0) is 24.8 Å². The molecule has 0 amide bonds. The molecule has 0 aliphatic rings. The SMILES string of the molecule is CN(C)/C=C/Cc1cc(F)cc(Cl)c1O. The van der Waals surface area contributed by atoms with Crippen molar-refractivity contribution in [2.24, 2.45) is 0 Å². The lowest BCUT2D eigenvalue weighted by Gasteiger charge is -2.06. The molecule has 0 atom stereocenters. The molecule has 1 N–H and O–H groups in total. The second kappa shape index (κ2) is 5.03. The highest BCUT2D eigenvalue weighted by Crippen LogP contribution is 2.28. The quantitative estimate of drug-likeness (QED) is 0.862. The predicted molar refractivity (Wildman–Crippen MR) is 59.6 cm³/mol. The first-order valence-electron chi connectivity index (χ1n) is 4.50. The zero-order chi connectivity index (χ0) is 11.4. The Labute approximate surface area is 93.6 Å². The lowest BCUT2D eigenvalue weighted by atomic mass is 10.1. The summed E-state index contributed by atoms with van der Waals surface area (Å²) in [5.41, 5.74) is 0.484. The van der Waals surface area contributed by atoms with Crippen LogP contribution in [0.25, 0.3) is 0 Å². The van der Waals surface area contributed by atoms with E-state index in [1.165, 1.54) is 6.07 Å². The standard InChI is InChI=1S/C11H13ClFNO/c1-14(2)5-3-4-8-6-9(13)7-10(12)11(8)15/h3,5-7,15H,4H2,1-2H3/b5-3+. The molecule has 1 aromatic carbocycles. The normalized spacial score (nSPS) is 10.9. The summed E-state index contributed by atoms with van der Waals surface area (Å²) in [7, 11) is 3.77. The number of nitrogens with zero attached hydrogens (tertiary/aromatic N) is 1. The van der Waals surface area contributed by atoms with E-state index in [9.17, 15) is 9.50 Å². The summed E-state index contributed by atoms with van der Waals surface area (Å²) in [5.74, 6) is -0.493. The summed E-state index contributed by atoms with van der Waals surface area (Å²) < 4.78 is 13.0. The third kappa shape index (κ3) is 3.44. The van der Waals surface area contributed by atoms with Crippen LogP contribution in [0.3, 0.4) is 0 Å². The maximum absolute atomic E-state index is 13.0. The van der Waals surface area contributed by atoms with Gasteiger partial charge in [0.05, 0.1) is 5.02 Å². The Balaban J connectivity index is 2.85. The maximum Gasteiger partial charge on any atom is 0.137 e. The van der Waals surface area contributed by atoms with Gasteiger partial charge in [-0.3, -0.25) is 0 Å². The van der Waals surface area contributed by atoms with Gasteiger partial charge >= 0.3 is 0 Å². The van der Waals surface area contributed by atoms with Gasteiger partial charge in [-0.15, -0.1) is 0 Å². The van der Waals surface area contributed by atoms with Crippen molar-refractivity contribution in [2.45, 2.75) is 6.42 Å². The van der Waals surface area contributed by atoms with Crippen molar-refractivity contribution >= 4 is 11.6 Å². The zero-order valence-electron chi connectivity index (χ0n) is 8.67. The van der Waals surface area contributed by atoms with Crippen LogP contribution >= 0.6 is 11.6 Å². The van der Waals surface area contributed by atoms with Crippen LogP contribution in [-0.4, -0.2) is 24.1 Å². The molecule has 0 saturated carbocycles. The highest BCUT2D eigenvalue weighted by molar-refractivity contribution is 6.32. The molecule has 0 bridgehead atoms. The first-order valence-corrected chi connectivity index (χ1v) is 4.88. The molecule has 2 nitrogen and oxygen atoms in total. The first-order chi connectivity index (χ1) is 7.00. The number of halogens is 2. The minimum Gasteiger partial charge on any atom is -0.506 e. The number of rotatable bonds is 3. The van der Waals surface area contributed by atoms with Gasteiger partial charge < -0.3 is 10.0 Å². The van der Waals surface area contributed by atoms with E-state index in [2.05, 4.69) is 0 Å². The molecular weight excluding hydrogens is 217 g/mol. The molecule has 1 rings (SSSR count). The van der Waals surface area contributed by atoms with Crippen molar-refractivity contribution in [3.8, 4) is 5.75 Å². The van der Waals surface area contributed by atoms with Gasteiger partial charge in [0.2, 0.25) is 0 Å². The van der Waals surface area contributed by atoms with Crippen LogP contribution in [0.4, 0.5) is 4.39 Å². The number of hydrogen-bond donors (Lipinski definition) is 1. The number of aromatic hydroxyl groups is 1. The van der Waals surface area contributed by atoms with E-state index >= 15 is 0 Å². The summed E-state index contributed by atoms with van der Waals surface area (Å²) in [6.45, 7) is 0. The van der Waals surface area contributed by atoms with Crippen molar-refractivity contribution in [1.82, 2.24) is 4.90 Å². The molecule has 1 aromatic rings. The van der Waals surface area contributed by atoms with Gasteiger partial charge in [-0.25, -0.2) is 4.39 Å². The first kappa shape index (κ1) is 11.9. The molecule has 4 heteroatoms. The van der Waals surface area contributed by atoms with Crippen molar-refractivity contribution < 1.29 is 9.50 Å². The molecular formula is C11H13ClFNO. The molecule has 0 aliphatic heterocycles. The molecule has 0 unspecified atom stereocenters. The minimum absolute atomic E-state index is 0.0447. The van der Waals surface area contributed by atoms with E-state index in [1.54, 1.807) is 0 Å². The molecule has 0 fully saturated rings. The molecule has 0 spiro atoms. The van der Waals surface area contributed by atoms with Gasteiger partial charge in [-0.2, -0.15) is 0 Å². The highest BCUT2D eigenvalue weighted by Gasteiger charge is 2.06. The predicted octanol–water partition coefficient (Wildman–Crippen LogP) is 2.80. The summed E-state index contributed by atoms with van der Waals surface area (Å²) >= 11 is 5.64. The van der Waals surface area contributed by atoms with Crippen LogP contribution in [0.5, 0.6) is 5.75 Å². The molecule has 0 aliphatic carbocycles. The fraction of sp³-hybridized carbons (Fsp3) is 0.273. The van der Waals surface area contributed by atoms with Crippen LogP contribution in [0.15, 0.2) is 24.4 Å². The second-order valence-electron chi connectivity index (χ2n) is 3.45. The van der Waals surface area contributed by atoms with Crippen LogP contribution in [-0.2, 0) is 6.42 Å². The highest BCUT2D eigenvalue weighted by atomic mass is 35.5. The Morgan fingerprint density at radius 3 is 2.73 bits per heavy atom. The fourth-order valence-electron chi connectivity index (χ4n) is 1.17. The van der Waals surface area contributed by atoms with E-state index < -0.39 is 5.82 Å². The van der Waals surface area contributed by atoms with E-state index in [-0.39, 0.29) is 10.8 Å². The van der Waals surface area contributed by atoms with Crippen LogP contribution in [0.1, 0.15) is 5.56 Å². The summed E-state index contributed by atoms with van der Waals surface area (Å²) in [6, 6.07) is 2.37. The number of benzene rings is 1. The molecule has 0 radical (unpaired) electrons. The number of allylic oxidation sites excluding steroid dienone is 1. The van der Waals surface area contributed by atoms with E-state index in [4.69, 9.17) is 11.6 Å². The summed E-state index contributed by atoms with van der Waals surface area (Å²) in [6.07, 6.45) is 4.10. The Bertz CT molecular complexity index is 377. The molecule has 82 valence electrons. The fourth-order valence-corrected chi connectivity index (χ4v) is 1.39. The smallest absolute Gasteiger partial charge is 0.137 e. The van der Waals surface area contributed by atoms with Gasteiger partial charge in [-0.1, -0.05) is 17.7 Å². The van der Waals surface area contributed by atoms with Crippen molar-refractivity contribution in [3.05, 3.63) is 40.8 Å². The van der Waals surface area contributed by atoms with Crippen molar-refractivity contribution in [3.63, 3.8) is 0 Å².